The number of rotatable bonds is 8. The van der Waals surface area contributed by atoms with E-state index in [0.717, 1.165) is 48.6 Å². The third kappa shape index (κ3) is 7.09. The lowest BCUT2D eigenvalue weighted by molar-refractivity contribution is 0.0682. The molecule has 6 rings (SSSR count). The molecule has 0 atom stereocenters. The van der Waals surface area contributed by atoms with Gasteiger partial charge in [-0.15, -0.1) is 0 Å². The number of aromatic hydroxyl groups is 1. The number of benzene rings is 2. The maximum atomic E-state index is 12.0. The SMILES string of the molecule is CCc1c(-c2ccc(N3CCCC3)cc2)[nH]c(=O)c(C(=O)O)c1O.CCc1cc(C(=O)O)c(=O)[nH]c1-c1ccc(N2CCCC2)cc1. The Morgan fingerprint density at radius 2 is 1.15 bits per heavy atom. The van der Waals surface area contributed by atoms with E-state index in [0.29, 0.717) is 29.8 Å². The van der Waals surface area contributed by atoms with Gasteiger partial charge in [0.1, 0.15) is 11.3 Å². The normalized spacial score (nSPS) is 14.2. The van der Waals surface area contributed by atoms with Gasteiger partial charge in [0.2, 0.25) is 0 Å². The summed E-state index contributed by atoms with van der Waals surface area (Å²) in [5.74, 6) is -3.08. The predicted octanol–water partition coefficient (Wildman–Crippen LogP) is 5.51. The Morgan fingerprint density at radius 1 is 0.681 bits per heavy atom. The van der Waals surface area contributed by atoms with Crippen molar-refractivity contribution in [3.63, 3.8) is 0 Å². The number of nitrogens with zero attached hydrogens (tertiary/aromatic N) is 2. The summed E-state index contributed by atoms with van der Waals surface area (Å²) in [4.78, 5) is 56.2. The molecular formula is C36H40N4O7. The molecule has 4 heterocycles. The molecule has 0 unspecified atom stereocenters. The van der Waals surface area contributed by atoms with Gasteiger partial charge in [-0.3, -0.25) is 9.59 Å². The van der Waals surface area contributed by atoms with Gasteiger partial charge in [0.25, 0.3) is 11.1 Å². The van der Waals surface area contributed by atoms with Crippen LogP contribution in [0.15, 0.2) is 64.2 Å². The highest BCUT2D eigenvalue weighted by molar-refractivity contribution is 5.92. The van der Waals surface area contributed by atoms with Crippen LogP contribution in [0.25, 0.3) is 22.5 Å². The molecule has 2 aliphatic heterocycles. The Balaban J connectivity index is 0.000000185. The van der Waals surface area contributed by atoms with E-state index in [4.69, 9.17) is 10.2 Å². The average molecular weight is 641 g/mol. The second kappa shape index (κ2) is 14.4. The summed E-state index contributed by atoms with van der Waals surface area (Å²) in [6.45, 7) is 8.02. The van der Waals surface area contributed by atoms with Crippen LogP contribution in [-0.4, -0.2) is 63.4 Å². The number of aromatic carboxylic acids is 2. The van der Waals surface area contributed by atoms with E-state index >= 15 is 0 Å². The van der Waals surface area contributed by atoms with Crippen LogP contribution in [0.3, 0.4) is 0 Å². The number of pyridine rings is 2. The number of hydrogen-bond donors (Lipinski definition) is 5. The molecule has 0 aliphatic carbocycles. The zero-order valence-corrected chi connectivity index (χ0v) is 26.6. The number of carboxylic acid groups (broad SMARTS) is 2. The Hall–Kier alpha value is -5.32. The number of H-pyrrole nitrogens is 2. The first-order chi connectivity index (χ1) is 22.6. The van der Waals surface area contributed by atoms with Crippen molar-refractivity contribution in [1.82, 2.24) is 9.97 Å². The molecule has 2 aromatic carbocycles. The first kappa shape index (κ1) is 33.1. The Kier molecular flexibility index (Phi) is 10.1. The van der Waals surface area contributed by atoms with Gasteiger partial charge in [0.15, 0.2) is 5.56 Å². The molecule has 4 aromatic rings. The Bertz CT molecular complexity index is 1870. The fourth-order valence-electron chi connectivity index (χ4n) is 6.31. The van der Waals surface area contributed by atoms with E-state index in [2.05, 4.69) is 31.9 Å². The van der Waals surface area contributed by atoms with Gasteiger partial charge in [0.05, 0.1) is 11.4 Å². The van der Waals surface area contributed by atoms with Crippen LogP contribution < -0.4 is 20.9 Å². The highest BCUT2D eigenvalue weighted by Crippen LogP contribution is 2.32. The van der Waals surface area contributed by atoms with Crippen LogP contribution in [-0.2, 0) is 12.8 Å². The molecule has 5 N–H and O–H groups in total. The van der Waals surface area contributed by atoms with Gasteiger partial charge >= 0.3 is 11.9 Å². The average Bonchev–Trinajstić information content (AvgIpc) is 3.80. The minimum absolute atomic E-state index is 0.209. The molecule has 0 bridgehead atoms. The zero-order valence-electron chi connectivity index (χ0n) is 26.6. The van der Waals surface area contributed by atoms with E-state index in [1.807, 2.05) is 43.3 Å². The van der Waals surface area contributed by atoms with Crippen LogP contribution in [0, 0.1) is 0 Å². The smallest absolute Gasteiger partial charge is 0.345 e. The molecule has 11 nitrogen and oxygen atoms in total. The van der Waals surface area contributed by atoms with Gasteiger partial charge in [0, 0.05) is 43.1 Å². The molecule has 246 valence electrons. The fourth-order valence-corrected chi connectivity index (χ4v) is 6.31. The summed E-state index contributed by atoms with van der Waals surface area (Å²) >= 11 is 0. The van der Waals surface area contributed by atoms with E-state index in [1.165, 1.54) is 37.4 Å². The quantitative estimate of drug-likeness (QED) is 0.167. The summed E-state index contributed by atoms with van der Waals surface area (Å²) in [6, 6.07) is 17.3. The minimum Gasteiger partial charge on any atom is -0.506 e. The van der Waals surface area contributed by atoms with Crippen molar-refractivity contribution in [2.24, 2.45) is 0 Å². The lowest BCUT2D eigenvalue weighted by atomic mass is 10.0. The lowest BCUT2D eigenvalue weighted by Gasteiger charge is -2.18. The second-order valence-electron chi connectivity index (χ2n) is 11.7. The minimum atomic E-state index is -1.43. The van der Waals surface area contributed by atoms with E-state index in [9.17, 15) is 24.3 Å². The van der Waals surface area contributed by atoms with Crippen molar-refractivity contribution < 1.29 is 24.9 Å². The molecule has 2 saturated heterocycles. The van der Waals surface area contributed by atoms with Gasteiger partial charge in [-0.2, -0.15) is 0 Å². The first-order valence-corrected chi connectivity index (χ1v) is 16.0. The topological polar surface area (TPSA) is 167 Å². The molecule has 2 aromatic heterocycles. The highest BCUT2D eigenvalue weighted by Gasteiger charge is 2.22. The number of carboxylic acids is 2. The van der Waals surface area contributed by atoms with Crippen LogP contribution in [0.4, 0.5) is 11.4 Å². The van der Waals surface area contributed by atoms with Gasteiger partial charge < -0.3 is 35.1 Å². The second-order valence-corrected chi connectivity index (χ2v) is 11.7. The van der Waals surface area contributed by atoms with Crippen molar-refractivity contribution in [3.05, 3.63) is 97.6 Å². The molecule has 0 spiro atoms. The number of aryl methyl sites for hydroxylation is 1. The van der Waals surface area contributed by atoms with Crippen molar-refractivity contribution in [3.8, 4) is 28.3 Å². The molecule has 2 aliphatic rings. The molecule has 0 amide bonds. The number of anilines is 2. The van der Waals surface area contributed by atoms with Crippen molar-refractivity contribution >= 4 is 23.3 Å². The molecule has 47 heavy (non-hydrogen) atoms. The molecule has 0 radical (unpaired) electrons. The lowest BCUT2D eigenvalue weighted by Crippen LogP contribution is -2.20. The maximum absolute atomic E-state index is 12.0. The molecule has 11 heteroatoms. The highest BCUT2D eigenvalue weighted by atomic mass is 16.4. The third-order valence-corrected chi connectivity index (χ3v) is 8.85. The number of aromatic amines is 2. The number of aromatic nitrogens is 2. The standard InChI is InChI=1S/C18H20N2O4.C18H20N2O3/c1-2-13-15(19-17(22)14(16(13)21)18(23)24)11-5-7-12(8-6-11)20-9-3-4-10-20;1-2-12-11-15(18(22)23)17(21)19-16(12)13-5-7-14(8-6-13)20-9-3-4-10-20/h5-8H,2-4,9-10H2,1H3,(H,23,24)(H2,19,21,22);5-8,11H,2-4,9-10H2,1H3,(H,19,21)(H,22,23). The summed E-state index contributed by atoms with van der Waals surface area (Å²) in [6.07, 6.45) is 5.91. The number of hydrogen-bond acceptors (Lipinski definition) is 7. The van der Waals surface area contributed by atoms with E-state index in [-0.39, 0.29) is 5.56 Å². The molecular weight excluding hydrogens is 600 g/mol. The van der Waals surface area contributed by atoms with Crippen LogP contribution in [0.5, 0.6) is 5.75 Å². The van der Waals surface area contributed by atoms with Gasteiger partial charge in [-0.05, 0) is 85.5 Å². The maximum Gasteiger partial charge on any atom is 0.345 e. The van der Waals surface area contributed by atoms with Crippen LogP contribution >= 0.6 is 0 Å². The molecule has 2 fully saturated rings. The third-order valence-electron chi connectivity index (χ3n) is 8.85. The van der Waals surface area contributed by atoms with E-state index < -0.39 is 34.4 Å². The van der Waals surface area contributed by atoms with Crippen LogP contribution in [0.2, 0.25) is 0 Å². The van der Waals surface area contributed by atoms with Crippen molar-refractivity contribution in [2.45, 2.75) is 52.4 Å². The van der Waals surface area contributed by atoms with Gasteiger partial charge in [-0.1, -0.05) is 38.1 Å². The predicted molar refractivity (Wildman–Crippen MR) is 182 cm³/mol. The number of carbonyl (C=O) groups is 2. The monoisotopic (exact) mass is 640 g/mol. The first-order valence-electron chi connectivity index (χ1n) is 16.0. The summed E-state index contributed by atoms with van der Waals surface area (Å²) in [5, 5.41) is 28.4. The summed E-state index contributed by atoms with van der Waals surface area (Å²) in [5.41, 5.74) is 4.23. The van der Waals surface area contributed by atoms with Crippen molar-refractivity contribution in [2.75, 3.05) is 36.0 Å². The summed E-state index contributed by atoms with van der Waals surface area (Å²) < 4.78 is 0. The largest absolute Gasteiger partial charge is 0.506 e. The summed E-state index contributed by atoms with van der Waals surface area (Å²) in [7, 11) is 0. The Morgan fingerprint density at radius 3 is 1.57 bits per heavy atom. The fraction of sp³-hybridized carbons (Fsp3) is 0.333. The van der Waals surface area contributed by atoms with Gasteiger partial charge in [-0.25, -0.2) is 9.59 Å². The van der Waals surface area contributed by atoms with E-state index in [1.54, 1.807) is 6.92 Å². The van der Waals surface area contributed by atoms with Crippen LogP contribution in [0.1, 0.15) is 71.4 Å². The molecule has 0 saturated carbocycles. The van der Waals surface area contributed by atoms with Crippen molar-refractivity contribution in [1.29, 1.82) is 0 Å². The number of nitrogens with one attached hydrogen (secondary N) is 2. The Labute approximate surface area is 272 Å². The zero-order chi connectivity index (χ0) is 33.7.